The minimum absolute atomic E-state index is 0.847. The van der Waals surface area contributed by atoms with Gasteiger partial charge in [0.15, 0.2) is 0 Å². The smallest absolute Gasteiger partial charge is 0.0702 e. The number of benzene rings is 1. The fourth-order valence-corrected chi connectivity index (χ4v) is 1.54. The normalized spacial score (nSPS) is 10.2. The van der Waals surface area contributed by atoms with Crippen LogP contribution < -0.4 is 0 Å². The van der Waals surface area contributed by atoms with Crippen molar-refractivity contribution in [2.45, 2.75) is 6.42 Å². The van der Waals surface area contributed by atoms with Gasteiger partial charge in [0, 0.05) is 18.0 Å². The van der Waals surface area contributed by atoms with Crippen LogP contribution in [0, 0.1) is 0 Å². The fourth-order valence-electron chi connectivity index (χ4n) is 1.35. The zero-order valence-electron chi connectivity index (χ0n) is 7.10. The van der Waals surface area contributed by atoms with Crippen LogP contribution >= 0.6 is 12.2 Å². The Morgan fingerprint density at radius 1 is 1.31 bits per heavy atom. The predicted molar refractivity (Wildman–Crippen MR) is 59.1 cm³/mol. The summed E-state index contributed by atoms with van der Waals surface area (Å²) >= 11 is 4.82. The van der Waals surface area contributed by atoms with Crippen molar-refractivity contribution in [1.29, 1.82) is 0 Å². The molecule has 0 bridgehead atoms. The summed E-state index contributed by atoms with van der Waals surface area (Å²) in [6, 6.07) is 10.2. The second kappa shape index (κ2) is 3.62. The Kier molecular flexibility index (Phi) is 2.32. The van der Waals surface area contributed by atoms with Crippen molar-refractivity contribution in [3.05, 3.63) is 42.1 Å². The van der Waals surface area contributed by atoms with E-state index < -0.39 is 0 Å². The van der Waals surface area contributed by atoms with E-state index >= 15 is 0 Å². The highest BCUT2D eigenvalue weighted by molar-refractivity contribution is 7.78. The van der Waals surface area contributed by atoms with Crippen LogP contribution in [0.25, 0.3) is 10.9 Å². The third-order valence-corrected chi connectivity index (χ3v) is 2.15. The molecule has 1 aromatic carbocycles. The van der Waals surface area contributed by atoms with Gasteiger partial charge >= 0.3 is 0 Å². The average molecular weight is 187 g/mol. The molecule has 13 heavy (non-hydrogen) atoms. The second-order valence-electron chi connectivity index (χ2n) is 2.90. The van der Waals surface area contributed by atoms with E-state index in [0.717, 1.165) is 11.9 Å². The van der Waals surface area contributed by atoms with Crippen molar-refractivity contribution in [2.24, 2.45) is 0 Å². The number of thiocarbonyl (C=S) groups is 1. The zero-order chi connectivity index (χ0) is 9.10. The number of aromatic nitrogens is 1. The Morgan fingerprint density at radius 2 is 2.23 bits per heavy atom. The van der Waals surface area contributed by atoms with Crippen molar-refractivity contribution in [3.8, 4) is 0 Å². The Bertz CT molecular complexity index is 437. The molecule has 0 amide bonds. The van der Waals surface area contributed by atoms with Gasteiger partial charge in [-0.15, -0.1) is 0 Å². The molecule has 2 aromatic rings. The van der Waals surface area contributed by atoms with E-state index in [1.807, 2.05) is 12.1 Å². The molecule has 0 N–H and O–H groups in total. The summed E-state index contributed by atoms with van der Waals surface area (Å²) in [6.45, 7) is 0. The second-order valence-corrected chi connectivity index (χ2v) is 3.23. The molecule has 2 heteroatoms. The molecule has 64 valence electrons. The molecule has 0 aliphatic heterocycles. The number of hydrogen-bond acceptors (Lipinski definition) is 2. The first-order valence-corrected chi connectivity index (χ1v) is 4.64. The summed E-state index contributed by atoms with van der Waals surface area (Å²) in [5.41, 5.74) is 2.28. The zero-order valence-corrected chi connectivity index (χ0v) is 7.92. The van der Waals surface area contributed by atoms with E-state index in [1.165, 1.54) is 10.9 Å². The quantitative estimate of drug-likeness (QED) is 0.670. The number of fused-ring (bicyclic) bond motifs is 1. The Labute approximate surface area is 82.4 Å². The minimum Gasteiger partial charge on any atom is -0.256 e. The SMILES string of the molecule is S=CCc1ccc2ncccc2c1. The van der Waals surface area contributed by atoms with E-state index in [9.17, 15) is 0 Å². The third kappa shape index (κ3) is 1.73. The molecule has 0 unspecified atom stereocenters. The van der Waals surface area contributed by atoms with Crippen LogP contribution in [-0.2, 0) is 6.42 Å². The Hall–Kier alpha value is -1.28. The van der Waals surface area contributed by atoms with E-state index in [4.69, 9.17) is 12.2 Å². The highest BCUT2D eigenvalue weighted by Crippen LogP contribution is 2.13. The first-order valence-electron chi connectivity index (χ1n) is 4.17. The first kappa shape index (κ1) is 8.32. The lowest BCUT2D eigenvalue weighted by Crippen LogP contribution is -1.85. The molecule has 1 aromatic heterocycles. The van der Waals surface area contributed by atoms with E-state index in [0.29, 0.717) is 0 Å². The van der Waals surface area contributed by atoms with Gasteiger partial charge in [0.05, 0.1) is 5.52 Å². The lowest BCUT2D eigenvalue weighted by molar-refractivity contribution is 1.36. The van der Waals surface area contributed by atoms with Crippen LogP contribution in [-0.4, -0.2) is 10.4 Å². The maximum absolute atomic E-state index is 4.82. The molecular formula is C11H9NS. The highest BCUT2D eigenvalue weighted by Gasteiger charge is 1.94. The molecule has 1 nitrogen and oxygen atoms in total. The van der Waals surface area contributed by atoms with Gasteiger partial charge in [-0.3, -0.25) is 4.98 Å². The fraction of sp³-hybridized carbons (Fsp3) is 0.0909. The standard InChI is InChI=1S/C11H9NS/c13-7-5-9-3-4-11-10(8-9)2-1-6-12-11/h1-4,6-8H,5H2. The molecule has 2 rings (SSSR count). The molecular weight excluding hydrogens is 178 g/mol. The van der Waals surface area contributed by atoms with Gasteiger partial charge in [-0.05, 0) is 29.1 Å². The summed E-state index contributed by atoms with van der Waals surface area (Å²) in [6.07, 6.45) is 2.65. The van der Waals surface area contributed by atoms with Crippen molar-refractivity contribution in [2.75, 3.05) is 0 Å². The largest absolute Gasteiger partial charge is 0.256 e. The predicted octanol–water partition coefficient (Wildman–Crippen LogP) is 2.78. The number of pyridine rings is 1. The van der Waals surface area contributed by atoms with Crippen LogP contribution in [0.1, 0.15) is 5.56 Å². The lowest BCUT2D eigenvalue weighted by atomic mass is 10.1. The molecule has 0 aliphatic carbocycles. The monoisotopic (exact) mass is 187 g/mol. The number of nitrogens with zero attached hydrogens (tertiary/aromatic N) is 1. The number of rotatable bonds is 2. The van der Waals surface area contributed by atoms with Crippen LogP contribution in [0.2, 0.25) is 0 Å². The first-order chi connectivity index (χ1) is 6.40. The van der Waals surface area contributed by atoms with Crippen LogP contribution in [0.4, 0.5) is 0 Å². The summed E-state index contributed by atoms with van der Waals surface area (Å²) in [5.74, 6) is 0. The molecule has 0 saturated carbocycles. The maximum atomic E-state index is 4.82. The third-order valence-electron chi connectivity index (χ3n) is 1.99. The topological polar surface area (TPSA) is 12.9 Å². The minimum atomic E-state index is 0.847. The van der Waals surface area contributed by atoms with Gasteiger partial charge in [-0.25, -0.2) is 0 Å². The van der Waals surface area contributed by atoms with Crippen LogP contribution in [0.3, 0.4) is 0 Å². The van der Waals surface area contributed by atoms with E-state index in [-0.39, 0.29) is 0 Å². The summed E-state index contributed by atoms with van der Waals surface area (Å²) in [7, 11) is 0. The van der Waals surface area contributed by atoms with Gasteiger partial charge in [0.25, 0.3) is 0 Å². The Balaban J connectivity index is 2.55. The summed E-state index contributed by atoms with van der Waals surface area (Å²) in [4.78, 5) is 4.25. The Morgan fingerprint density at radius 3 is 3.08 bits per heavy atom. The summed E-state index contributed by atoms with van der Waals surface area (Å²) < 4.78 is 0. The lowest BCUT2D eigenvalue weighted by Gasteiger charge is -1.98. The van der Waals surface area contributed by atoms with Crippen LogP contribution in [0.5, 0.6) is 0 Å². The van der Waals surface area contributed by atoms with Gasteiger partial charge in [0.1, 0.15) is 0 Å². The van der Waals surface area contributed by atoms with Gasteiger partial charge in [-0.2, -0.15) is 0 Å². The van der Waals surface area contributed by atoms with E-state index in [2.05, 4.69) is 23.2 Å². The van der Waals surface area contributed by atoms with Crippen molar-refractivity contribution in [1.82, 2.24) is 4.98 Å². The highest BCUT2D eigenvalue weighted by atomic mass is 32.1. The van der Waals surface area contributed by atoms with Crippen molar-refractivity contribution < 1.29 is 0 Å². The molecule has 0 spiro atoms. The molecule has 1 heterocycles. The van der Waals surface area contributed by atoms with Crippen molar-refractivity contribution in [3.63, 3.8) is 0 Å². The molecule has 0 fully saturated rings. The van der Waals surface area contributed by atoms with Crippen molar-refractivity contribution >= 4 is 28.5 Å². The van der Waals surface area contributed by atoms with Gasteiger partial charge in [-0.1, -0.05) is 24.4 Å². The van der Waals surface area contributed by atoms with Crippen LogP contribution in [0.15, 0.2) is 36.5 Å². The molecule has 0 saturated heterocycles. The molecule has 0 radical (unpaired) electrons. The average Bonchev–Trinajstić information content (AvgIpc) is 2.18. The number of hydrogen-bond donors (Lipinski definition) is 0. The van der Waals surface area contributed by atoms with Gasteiger partial charge in [0.2, 0.25) is 0 Å². The molecule has 0 atom stereocenters. The van der Waals surface area contributed by atoms with Gasteiger partial charge < -0.3 is 0 Å². The summed E-state index contributed by atoms with van der Waals surface area (Å²) in [5, 5.41) is 2.93. The van der Waals surface area contributed by atoms with E-state index in [1.54, 1.807) is 11.6 Å². The molecule has 0 aliphatic rings. The maximum Gasteiger partial charge on any atom is 0.0702 e.